The van der Waals surface area contributed by atoms with Gasteiger partial charge in [0.1, 0.15) is 5.82 Å². The molecule has 0 radical (unpaired) electrons. The fourth-order valence-corrected chi connectivity index (χ4v) is 2.11. The van der Waals surface area contributed by atoms with Gasteiger partial charge in [-0.25, -0.2) is 4.39 Å². The molecule has 0 aliphatic carbocycles. The minimum absolute atomic E-state index is 0.0899. The molecule has 2 aromatic carbocycles. The second kappa shape index (κ2) is 8.20. The lowest BCUT2D eigenvalue weighted by Gasteiger charge is -2.09. The largest absolute Gasteiger partial charge is 0.477 e. The highest BCUT2D eigenvalue weighted by atomic mass is 79.9. The summed E-state index contributed by atoms with van der Waals surface area (Å²) >= 11 is 3.06. The number of ether oxygens (including phenoxy) is 1. The van der Waals surface area contributed by atoms with Gasteiger partial charge in [0.15, 0.2) is 12.4 Å². The van der Waals surface area contributed by atoms with Crippen molar-refractivity contribution >= 4 is 33.4 Å². The minimum Gasteiger partial charge on any atom is -0.477 e. The van der Waals surface area contributed by atoms with Crippen molar-refractivity contribution in [2.45, 2.75) is 0 Å². The number of hydrogen-bond acceptors (Lipinski definition) is 5. The quantitative estimate of drug-likeness (QED) is 0.579. The zero-order chi connectivity index (χ0) is 18.4. The number of hydrazine groups is 1. The van der Waals surface area contributed by atoms with Crippen LogP contribution < -0.4 is 15.6 Å². The number of nitro groups is 1. The van der Waals surface area contributed by atoms with E-state index in [1.54, 1.807) is 0 Å². The van der Waals surface area contributed by atoms with Crippen LogP contribution in [0.2, 0.25) is 0 Å². The van der Waals surface area contributed by atoms with Gasteiger partial charge in [-0.1, -0.05) is 28.1 Å². The summed E-state index contributed by atoms with van der Waals surface area (Å²) in [7, 11) is 0. The second-order valence-corrected chi connectivity index (χ2v) is 5.56. The van der Waals surface area contributed by atoms with Crippen LogP contribution in [0.3, 0.4) is 0 Å². The number of nitro benzene ring substituents is 1. The summed E-state index contributed by atoms with van der Waals surface area (Å²) < 4.78 is 19.1. The molecule has 0 bridgehead atoms. The van der Waals surface area contributed by atoms with Gasteiger partial charge < -0.3 is 4.74 Å². The zero-order valence-corrected chi connectivity index (χ0v) is 14.1. The summed E-state index contributed by atoms with van der Waals surface area (Å²) in [6, 6.07) is 9.35. The first-order chi connectivity index (χ1) is 11.9. The van der Waals surface area contributed by atoms with E-state index in [2.05, 4.69) is 15.9 Å². The van der Waals surface area contributed by atoms with Crippen molar-refractivity contribution in [2.75, 3.05) is 6.61 Å². The maximum Gasteiger partial charge on any atom is 0.310 e. The highest BCUT2D eigenvalue weighted by Crippen LogP contribution is 2.25. The van der Waals surface area contributed by atoms with Crippen molar-refractivity contribution in [1.82, 2.24) is 10.9 Å². The molecule has 0 saturated carbocycles. The number of rotatable bonds is 5. The van der Waals surface area contributed by atoms with Crippen molar-refractivity contribution in [3.05, 3.63) is 68.4 Å². The Labute approximate surface area is 149 Å². The monoisotopic (exact) mass is 411 g/mol. The highest BCUT2D eigenvalue weighted by Gasteiger charge is 2.16. The van der Waals surface area contributed by atoms with Gasteiger partial charge in [-0.3, -0.25) is 30.6 Å². The van der Waals surface area contributed by atoms with Crippen LogP contribution in [0.1, 0.15) is 10.4 Å². The Hall–Kier alpha value is -3.01. The molecule has 0 aromatic heterocycles. The molecule has 25 heavy (non-hydrogen) atoms. The van der Waals surface area contributed by atoms with Gasteiger partial charge >= 0.3 is 5.69 Å². The van der Waals surface area contributed by atoms with Crippen LogP contribution in [0, 0.1) is 15.9 Å². The number of carbonyl (C=O) groups is 2. The van der Waals surface area contributed by atoms with Crippen LogP contribution in [0.15, 0.2) is 46.9 Å². The fraction of sp³-hybridized carbons (Fsp3) is 0.0667. The Morgan fingerprint density at radius 3 is 2.60 bits per heavy atom. The third kappa shape index (κ3) is 4.98. The SMILES string of the molecule is O=C(COc1ccccc1[N+](=O)[O-])NNC(=O)c1ccc(Br)cc1F. The third-order valence-corrected chi connectivity index (χ3v) is 3.41. The summed E-state index contributed by atoms with van der Waals surface area (Å²) in [6.45, 7) is -0.575. The summed E-state index contributed by atoms with van der Waals surface area (Å²) in [5, 5.41) is 10.8. The number of amides is 2. The number of hydrogen-bond donors (Lipinski definition) is 2. The van der Waals surface area contributed by atoms with E-state index in [1.807, 2.05) is 10.9 Å². The normalized spacial score (nSPS) is 10.0. The van der Waals surface area contributed by atoms with E-state index in [4.69, 9.17) is 4.74 Å². The predicted octanol–water partition coefficient (Wildman–Crippen LogP) is 2.34. The number of nitrogens with zero attached hydrogens (tertiary/aromatic N) is 1. The van der Waals surface area contributed by atoms with E-state index >= 15 is 0 Å². The van der Waals surface area contributed by atoms with E-state index in [0.717, 1.165) is 6.07 Å². The molecule has 0 fully saturated rings. The molecular weight excluding hydrogens is 401 g/mol. The van der Waals surface area contributed by atoms with Gasteiger partial charge in [-0.15, -0.1) is 0 Å². The van der Waals surface area contributed by atoms with Gasteiger partial charge in [-0.2, -0.15) is 0 Å². The number of para-hydroxylation sites is 2. The van der Waals surface area contributed by atoms with Gasteiger partial charge in [-0.05, 0) is 24.3 Å². The van der Waals surface area contributed by atoms with E-state index < -0.39 is 29.2 Å². The first-order valence-corrected chi connectivity index (χ1v) is 7.58. The Morgan fingerprint density at radius 2 is 1.92 bits per heavy atom. The van der Waals surface area contributed by atoms with Crippen molar-refractivity contribution in [3.8, 4) is 5.75 Å². The van der Waals surface area contributed by atoms with Crippen molar-refractivity contribution in [1.29, 1.82) is 0 Å². The van der Waals surface area contributed by atoms with Crippen LogP contribution in [0.4, 0.5) is 10.1 Å². The van der Waals surface area contributed by atoms with Gasteiger partial charge in [0.05, 0.1) is 10.5 Å². The van der Waals surface area contributed by atoms with E-state index in [0.29, 0.717) is 4.47 Å². The van der Waals surface area contributed by atoms with Crippen LogP contribution in [0.5, 0.6) is 5.75 Å². The molecule has 2 rings (SSSR count). The maximum atomic E-state index is 13.6. The van der Waals surface area contributed by atoms with E-state index in [9.17, 15) is 24.1 Å². The lowest BCUT2D eigenvalue weighted by Crippen LogP contribution is -2.44. The Morgan fingerprint density at radius 1 is 1.20 bits per heavy atom. The molecule has 0 spiro atoms. The van der Waals surface area contributed by atoms with E-state index in [1.165, 1.54) is 36.4 Å². The molecule has 2 N–H and O–H groups in total. The number of carbonyl (C=O) groups excluding carboxylic acids is 2. The Bertz CT molecular complexity index is 831. The molecule has 0 heterocycles. The van der Waals surface area contributed by atoms with Crippen LogP contribution in [0.25, 0.3) is 0 Å². The van der Waals surface area contributed by atoms with Crippen LogP contribution in [-0.4, -0.2) is 23.3 Å². The number of halogens is 2. The second-order valence-electron chi connectivity index (χ2n) is 4.64. The topological polar surface area (TPSA) is 111 Å². The standard InChI is InChI=1S/C15H11BrFN3O5/c16-9-5-6-10(11(17)7-9)15(22)19-18-14(21)8-25-13-4-2-1-3-12(13)20(23)24/h1-7H,8H2,(H,18,21)(H,19,22). The Balaban J connectivity index is 1.89. The molecule has 0 aliphatic heterocycles. The van der Waals surface area contributed by atoms with Crippen molar-refractivity contribution in [3.63, 3.8) is 0 Å². The molecule has 10 heteroatoms. The minimum atomic E-state index is -0.857. The summed E-state index contributed by atoms with van der Waals surface area (Å²) in [6.07, 6.45) is 0. The van der Waals surface area contributed by atoms with Gasteiger partial charge in [0.25, 0.3) is 11.8 Å². The number of benzene rings is 2. The van der Waals surface area contributed by atoms with Crippen molar-refractivity contribution in [2.24, 2.45) is 0 Å². The smallest absolute Gasteiger partial charge is 0.310 e. The molecular formula is C15H11BrFN3O5. The number of nitrogens with one attached hydrogen (secondary N) is 2. The molecule has 8 nitrogen and oxygen atoms in total. The third-order valence-electron chi connectivity index (χ3n) is 2.91. The highest BCUT2D eigenvalue weighted by molar-refractivity contribution is 9.10. The van der Waals surface area contributed by atoms with Gasteiger partial charge in [0, 0.05) is 10.5 Å². The molecule has 0 saturated heterocycles. The van der Waals surface area contributed by atoms with E-state index in [-0.39, 0.29) is 17.0 Å². The summed E-state index contributed by atoms with van der Waals surface area (Å²) in [5.74, 6) is -2.49. The lowest BCUT2D eigenvalue weighted by atomic mass is 10.2. The average Bonchev–Trinajstić information content (AvgIpc) is 2.58. The Kier molecular flexibility index (Phi) is 6.01. The van der Waals surface area contributed by atoms with Gasteiger partial charge in [0.2, 0.25) is 0 Å². The maximum absolute atomic E-state index is 13.6. The fourth-order valence-electron chi connectivity index (χ4n) is 1.78. The van der Waals surface area contributed by atoms with Crippen molar-refractivity contribution < 1.29 is 23.6 Å². The summed E-state index contributed by atoms with van der Waals surface area (Å²) in [4.78, 5) is 33.6. The molecule has 0 atom stereocenters. The molecule has 2 amide bonds. The molecule has 130 valence electrons. The summed E-state index contributed by atoms with van der Waals surface area (Å²) in [5.41, 5.74) is 3.50. The molecule has 0 aliphatic rings. The first kappa shape index (κ1) is 18.3. The zero-order valence-electron chi connectivity index (χ0n) is 12.5. The predicted molar refractivity (Wildman–Crippen MR) is 88.3 cm³/mol. The molecule has 0 unspecified atom stereocenters. The van der Waals surface area contributed by atoms with Crippen LogP contribution >= 0.6 is 15.9 Å². The lowest BCUT2D eigenvalue weighted by molar-refractivity contribution is -0.385. The van der Waals surface area contributed by atoms with Crippen LogP contribution in [-0.2, 0) is 4.79 Å². The first-order valence-electron chi connectivity index (χ1n) is 6.79. The molecule has 2 aromatic rings. The average molecular weight is 412 g/mol.